The number of fused-ring (bicyclic) bond motifs is 5. The zero-order valence-electron chi connectivity index (χ0n) is 23.2. The van der Waals surface area contributed by atoms with E-state index in [0.29, 0.717) is 21.8 Å². The molecule has 3 heterocycles. The standard InChI is InChI=1S/C34H24BrN3O3S2/c1-21-12-18-24(19-13-21)43(40,41)38-20-29(36-2)34(26-9-5-6-10-27(26)37(3)33(34)39)30(22-14-16-23(35)17-15-22)32-31(38)25-8-4-7-11-28(25)42-32/h4-20,30H,1,3H3/t30-,34-/m0/s1. The average Bonchev–Trinajstić information content (AvgIpc) is 3.44. The number of carbonyl (C=O) groups excluding carboxylic acids is 1. The fourth-order valence-corrected chi connectivity index (χ4v) is 9.50. The maximum absolute atomic E-state index is 14.8. The van der Waals surface area contributed by atoms with E-state index in [4.69, 9.17) is 6.57 Å². The second-order valence-corrected chi connectivity index (χ2v) is 14.5. The Morgan fingerprint density at radius 2 is 1.60 bits per heavy atom. The van der Waals surface area contributed by atoms with Gasteiger partial charge in [0.05, 0.1) is 17.2 Å². The molecule has 0 bridgehead atoms. The summed E-state index contributed by atoms with van der Waals surface area (Å²) < 4.78 is 32.2. The number of carbonyl (C=O) groups is 1. The molecule has 0 fully saturated rings. The number of hydrogen-bond donors (Lipinski definition) is 0. The van der Waals surface area contributed by atoms with Crippen LogP contribution in [0.1, 0.15) is 27.5 Å². The summed E-state index contributed by atoms with van der Waals surface area (Å²) in [5, 5.41) is 0.741. The van der Waals surface area contributed by atoms with Gasteiger partial charge in [-0.1, -0.05) is 82.2 Å². The van der Waals surface area contributed by atoms with E-state index in [1.54, 1.807) is 36.2 Å². The average molecular weight is 667 g/mol. The Morgan fingerprint density at radius 3 is 2.33 bits per heavy atom. The number of rotatable bonds is 3. The summed E-state index contributed by atoms with van der Waals surface area (Å²) >= 11 is 5.00. The van der Waals surface area contributed by atoms with Crippen LogP contribution < -0.4 is 9.21 Å². The molecule has 43 heavy (non-hydrogen) atoms. The van der Waals surface area contributed by atoms with Gasteiger partial charge in [-0.15, -0.1) is 11.3 Å². The van der Waals surface area contributed by atoms with E-state index < -0.39 is 21.4 Å². The first-order chi connectivity index (χ1) is 20.7. The summed E-state index contributed by atoms with van der Waals surface area (Å²) in [5.41, 5.74) is 2.11. The number of likely N-dealkylation sites (N-methyl/N-ethyl adjacent to an activating group) is 1. The van der Waals surface area contributed by atoms with Crippen molar-refractivity contribution in [2.75, 3.05) is 16.3 Å². The first-order valence-corrected chi connectivity index (χ1v) is 16.6. The van der Waals surface area contributed by atoms with E-state index in [0.717, 1.165) is 25.7 Å². The van der Waals surface area contributed by atoms with E-state index in [1.165, 1.54) is 21.8 Å². The van der Waals surface area contributed by atoms with Crippen LogP contribution in [0.2, 0.25) is 0 Å². The summed E-state index contributed by atoms with van der Waals surface area (Å²) in [4.78, 5) is 21.2. The molecule has 0 radical (unpaired) electrons. The highest BCUT2D eigenvalue weighted by molar-refractivity contribution is 9.10. The number of aryl methyl sites for hydroxylation is 1. The van der Waals surface area contributed by atoms with Gasteiger partial charge in [-0.3, -0.25) is 9.10 Å². The number of anilines is 2. The molecule has 1 spiro atoms. The zero-order valence-corrected chi connectivity index (χ0v) is 26.4. The lowest BCUT2D eigenvalue weighted by atomic mass is 9.65. The second kappa shape index (κ2) is 9.91. The van der Waals surface area contributed by atoms with Gasteiger partial charge in [-0.05, 0) is 54.4 Å². The Hall–Kier alpha value is -4.23. The molecule has 0 unspecified atom stereocenters. The van der Waals surface area contributed by atoms with Crippen LogP contribution in [0.15, 0.2) is 118 Å². The Labute approximate surface area is 262 Å². The van der Waals surface area contributed by atoms with Gasteiger partial charge in [0.1, 0.15) is 5.41 Å². The molecule has 212 valence electrons. The molecule has 0 saturated heterocycles. The minimum atomic E-state index is -4.20. The smallest absolute Gasteiger partial charge is 0.267 e. The first-order valence-electron chi connectivity index (χ1n) is 13.5. The van der Waals surface area contributed by atoms with Crippen molar-refractivity contribution >= 4 is 64.7 Å². The Kier molecular flexibility index (Phi) is 6.36. The first kappa shape index (κ1) is 27.6. The molecular formula is C34H24BrN3O3S2. The number of halogens is 1. The lowest BCUT2D eigenvalue weighted by molar-refractivity contribution is -0.122. The molecule has 2 aliphatic rings. The van der Waals surface area contributed by atoms with Crippen LogP contribution in [0.4, 0.5) is 11.4 Å². The topological polar surface area (TPSA) is 62.1 Å². The third-order valence-corrected chi connectivity index (χ3v) is 11.8. The minimum Gasteiger partial charge on any atom is -0.315 e. The van der Waals surface area contributed by atoms with E-state index in [1.807, 2.05) is 79.7 Å². The molecule has 1 amide bonds. The third kappa shape index (κ3) is 3.87. The molecule has 6 nitrogen and oxygen atoms in total. The molecule has 7 rings (SSSR count). The number of nitrogens with zero attached hydrogens (tertiary/aromatic N) is 3. The van der Waals surface area contributed by atoms with Crippen LogP contribution in [0.5, 0.6) is 0 Å². The highest BCUT2D eigenvalue weighted by Crippen LogP contribution is 2.61. The Balaban J connectivity index is 1.67. The van der Waals surface area contributed by atoms with E-state index in [-0.39, 0.29) is 16.5 Å². The van der Waals surface area contributed by atoms with Crippen LogP contribution in [-0.4, -0.2) is 21.4 Å². The summed E-state index contributed by atoms with van der Waals surface area (Å²) in [6.45, 7) is 10.4. The van der Waals surface area contributed by atoms with Crippen molar-refractivity contribution in [1.82, 2.24) is 0 Å². The Bertz CT molecular complexity index is 2130. The van der Waals surface area contributed by atoms with Gasteiger partial charge >= 0.3 is 0 Å². The van der Waals surface area contributed by atoms with Crippen LogP contribution in [0.3, 0.4) is 0 Å². The van der Waals surface area contributed by atoms with Crippen LogP contribution in [0, 0.1) is 13.5 Å². The van der Waals surface area contributed by atoms with E-state index in [2.05, 4.69) is 20.8 Å². The van der Waals surface area contributed by atoms with Gasteiger partial charge in [0, 0.05) is 44.3 Å². The number of amides is 1. The van der Waals surface area contributed by atoms with Crippen molar-refractivity contribution in [2.24, 2.45) is 0 Å². The lowest BCUT2D eigenvalue weighted by Gasteiger charge is -2.35. The third-order valence-electron chi connectivity index (χ3n) is 8.39. The number of thiophene rings is 1. The Morgan fingerprint density at radius 1 is 0.930 bits per heavy atom. The largest absolute Gasteiger partial charge is 0.315 e. The SMILES string of the molecule is [C-]#[N+]C1=CN(S(=O)(=O)c2ccc(C)cc2)c2c(sc3ccccc23)[C@H](c2ccc(Br)cc2)[C@@]12C(=O)N(C)c1ccccc12. The maximum Gasteiger partial charge on any atom is 0.267 e. The monoisotopic (exact) mass is 665 g/mol. The van der Waals surface area contributed by atoms with Crippen molar-refractivity contribution in [2.45, 2.75) is 23.2 Å². The van der Waals surface area contributed by atoms with Gasteiger partial charge in [0.2, 0.25) is 11.6 Å². The molecule has 9 heteroatoms. The molecule has 0 aliphatic carbocycles. The molecule has 1 aromatic heterocycles. The van der Waals surface area contributed by atoms with Crippen molar-refractivity contribution in [3.8, 4) is 0 Å². The predicted octanol–water partition coefficient (Wildman–Crippen LogP) is 7.99. The van der Waals surface area contributed by atoms with E-state index in [9.17, 15) is 13.2 Å². The summed E-state index contributed by atoms with van der Waals surface area (Å²) in [6, 6.07) is 29.6. The predicted molar refractivity (Wildman–Crippen MR) is 175 cm³/mol. The number of hydrogen-bond acceptors (Lipinski definition) is 4. The fourth-order valence-electron chi connectivity index (χ4n) is 6.40. The van der Waals surface area contributed by atoms with Crippen LogP contribution in [-0.2, 0) is 20.2 Å². The van der Waals surface area contributed by atoms with Gasteiger partial charge in [-0.25, -0.2) is 13.3 Å². The van der Waals surface area contributed by atoms with Crippen molar-refractivity contribution in [1.29, 1.82) is 0 Å². The highest BCUT2D eigenvalue weighted by atomic mass is 79.9. The summed E-state index contributed by atoms with van der Waals surface area (Å²) in [7, 11) is -2.48. The van der Waals surface area contributed by atoms with Gasteiger partial charge in [0.25, 0.3) is 10.0 Å². The van der Waals surface area contributed by atoms with Crippen LogP contribution >= 0.6 is 27.3 Å². The molecule has 5 aromatic rings. The molecular weight excluding hydrogens is 642 g/mol. The van der Waals surface area contributed by atoms with Crippen molar-refractivity contribution in [3.63, 3.8) is 0 Å². The molecule has 2 aliphatic heterocycles. The molecule has 2 atom stereocenters. The minimum absolute atomic E-state index is 0.0467. The fraction of sp³-hybridized carbons (Fsp3) is 0.118. The summed E-state index contributed by atoms with van der Waals surface area (Å²) in [5.74, 6) is -0.966. The maximum atomic E-state index is 14.8. The molecule has 0 N–H and O–H groups in total. The molecule has 4 aromatic carbocycles. The number of sulfonamides is 1. The quantitative estimate of drug-likeness (QED) is 0.184. The van der Waals surface area contributed by atoms with Crippen molar-refractivity contribution < 1.29 is 13.2 Å². The normalized spacial score (nSPS) is 19.6. The van der Waals surface area contributed by atoms with Gasteiger partial charge < -0.3 is 4.90 Å². The zero-order chi connectivity index (χ0) is 30.1. The van der Waals surface area contributed by atoms with Gasteiger partial charge in [-0.2, -0.15) is 0 Å². The van der Waals surface area contributed by atoms with Crippen LogP contribution in [0.25, 0.3) is 14.9 Å². The summed E-state index contributed by atoms with van der Waals surface area (Å²) in [6.07, 6.45) is 1.40. The molecule has 0 saturated carbocycles. The van der Waals surface area contributed by atoms with Crippen molar-refractivity contribution in [3.05, 3.63) is 146 Å². The highest BCUT2D eigenvalue weighted by Gasteiger charge is 2.61. The second-order valence-electron chi connectivity index (χ2n) is 10.7. The number of benzene rings is 4. The van der Waals surface area contributed by atoms with Gasteiger partial charge in [0.15, 0.2) is 0 Å². The lowest BCUT2D eigenvalue weighted by Crippen LogP contribution is -2.44. The van der Waals surface area contributed by atoms with E-state index >= 15 is 0 Å². The number of para-hydroxylation sites is 1.